The Hall–Kier alpha value is -4.64. The monoisotopic (exact) mass is 683 g/mol. The van der Waals surface area contributed by atoms with Crippen LogP contribution in [0.4, 0.5) is 0 Å². The molecule has 0 saturated carbocycles. The van der Waals surface area contributed by atoms with Crippen LogP contribution in [-0.4, -0.2) is 27.5 Å². The topological polar surface area (TPSA) is 72.8 Å². The van der Waals surface area contributed by atoms with Crippen LogP contribution in [0.2, 0.25) is 0 Å². The molecule has 0 fully saturated rings. The van der Waals surface area contributed by atoms with Gasteiger partial charge in [-0.3, -0.25) is 24.5 Å². The van der Waals surface area contributed by atoms with Crippen LogP contribution >= 0.6 is 0 Å². The number of hydrogen-bond acceptors (Lipinski definition) is 5. The van der Waals surface area contributed by atoms with Gasteiger partial charge in [0.25, 0.3) is 0 Å². The Morgan fingerprint density at radius 2 is 1.21 bits per heavy atom. The number of fused-ring (bicyclic) bond motifs is 3. The summed E-state index contributed by atoms with van der Waals surface area (Å²) in [7, 11) is 0. The average Bonchev–Trinajstić information content (AvgIpc) is 3.33. The fraction of sp³-hybridized carbons (Fsp3) is 0. The van der Waals surface area contributed by atoms with Gasteiger partial charge >= 0.3 is 0 Å². The first-order chi connectivity index (χ1) is 18.7. The van der Waals surface area contributed by atoms with Crippen molar-refractivity contribution in [3.05, 3.63) is 127 Å². The van der Waals surface area contributed by atoms with Crippen molar-refractivity contribution >= 4 is 23.5 Å². The van der Waals surface area contributed by atoms with Crippen LogP contribution in [0.3, 0.4) is 0 Å². The van der Waals surface area contributed by atoms with Gasteiger partial charge in [-0.1, -0.05) is 42.5 Å². The van der Waals surface area contributed by atoms with Gasteiger partial charge in [-0.15, -0.1) is 35.9 Å². The minimum atomic E-state index is 0. The molecular weight excluding hydrogens is 663 g/mol. The fourth-order valence-electron chi connectivity index (χ4n) is 4.69. The number of aldehydes is 2. The molecule has 3 aromatic heterocycles. The second-order valence-electron chi connectivity index (χ2n) is 8.76. The van der Waals surface area contributed by atoms with Crippen molar-refractivity contribution in [2.24, 2.45) is 0 Å². The Balaban J connectivity index is 0.000000163. The molecule has 5 nitrogen and oxygen atoms in total. The first-order valence-electron chi connectivity index (χ1n) is 12.1. The van der Waals surface area contributed by atoms with Gasteiger partial charge in [0, 0.05) is 49.0 Å². The Labute approximate surface area is 239 Å². The molecule has 0 amide bonds. The van der Waals surface area contributed by atoms with E-state index < -0.39 is 0 Å². The van der Waals surface area contributed by atoms with Crippen LogP contribution in [-0.2, 0) is 20.1 Å². The second kappa shape index (κ2) is 11.4. The molecule has 39 heavy (non-hydrogen) atoms. The SMILES string of the molecule is O=Cc1ccnc(-c2cc(C=O)ccn2)c1.[Ir].[c-]1ccccc1-c1cc2c3c(cccc3n1)-c1ccccc1-2. The molecule has 189 valence electrons. The molecule has 0 saturated heterocycles. The Bertz CT molecular complexity index is 1770. The molecule has 0 spiro atoms. The number of hydrogen-bond donors (Lipinski definition) is 0. The number of rotatable bonds is 4. The van der Waals surface area contributed by atoms with Crippen molar-refractivity contribution in [2.45, 2.75) is 0 Å². The van der Waals surface area contributed by atoms with Crippen molar-refractivity contribution < 1.29 is 29.7 Å². The van der Waals surface area contributed by atoms with Crippen LogP contribution in [0.1, 0.15) is 20.7 Å². The summed E-state index contributed by atoms with van der Waals surface area (Å²) in [5, 5.41) is 1.27. The van der Waals surface area contributed by atoms with Gasteiger partial charge in [-0.05, 0) is 58.3 Å². The largest absolute Gasteiger partial charge is 0.298 e. The summed E-state index contributed by atoms with van der Waals surface area (Å²) < 4.78 is 0. The van der Waals surface area contributed by atoms with E-state index >= 15 is 0 Å². The third kappa shape index (κ3) is 5.08. The van der Waals surface area contributed by atoms with Crippen molar-refractivity contribution in [2.75, 3.05) is 0 Å². The smallest absolute Gasteiger partial charge is 0.150 e. The third-order valence-corrected chi connectivity index (χ3v) is 6.43. The van der Waals surface area contributed by atoms with Gasteiger partial charge < -0.3 is 0 Å². The van der Waals surface area contributed by atoms with Crippen LogP contribution in [0.15, 0.2) is 109 Å². The maximum Gasteiger partial charge on any atom is 0.150 e. The van der Waals surface area contributed by atoms with E-state index in [1.807, 2.05) is 18.2 Å². The van der Waals surface area contributed by atoms with Crippen molar-refractivity contribution in [1.82, 2.24) is 15.0 Å². The molecule has 3 aromatic carbocycles. The van der Waals surface area contributed by atoms with Gasteiger partial charge in [-0.2, -0.15) is 0 Å². The first-order valence-corrected chi connectivity index (χ1v) is 12.1. The molecule has 0 bridgehead atoms. The van der Waals surface area contributed by atoms with Crippen molar-refractivity contribution in [3.8, 4) is 44.9 Å². The second-order valence-corrected chi connectivity index (χ2v) is 8.76. The fourth-order valence-corrected chi connectivity index (χ4v) is 4.69. The minimum Gasteiger partial charge on any atom is -0.298 e. The number of carbonyl (C=O) groups excluding carboxylic acids is 2. The minimum absolute atomic E-state index is 0. The molecule has 6 aromatic rings. The molecule has 0 atom stereocenters. The van der Waals surface area contributed by atoms with Crippen molar-refractivity contribution in [3.63, 3.8) is 0 Å². The first kappa shape index (κ1) is 26.0. The van der Waals surface area contributed by atoms with E-state index in [2.05, 4.69) is 70.6 Å². The van der Waals surface area contributed by atoms with E-state index in [-0.39, 0.29) is 20.1 Å². The quantitative estimate of drug-likeness (QED) is 0.146. The Morgan fingerprint density at radius 1 is 0.590 bits per heavy atom. The van der Waals surface area contributed by atoms with Gasteiger partial charge in [0.15, 0.2) is 0 Å². The van der Waals surface area contributed by atoms with E-state index in [0.717, 1.165) is 29.3 Å². The zero-order chi connectivity index (χ0) is 25.9. The third-order valence-electron chi connectivity index (χ3n) is 6.43. The predicted octanol–water partition coefficient (Wildman–Crippen LogP) is 7.12. The summed E-state index contributed by atoms with van der Waals surface area (Å²) in [5.41, 5.74) is 10.5. The van der Waals surface area contributed by atoms with Crippen LogP contribution in [0.5, 0.6) is 0 Å². The van der Waals surface area contributed by atoms with Crippen LogP contribution < -0.4 is 0 Å². The van der Waals surface area contributed by atoms with E-state index in [0.29, 0.717) is 22.5 Å². The summed E-state index contributed by atoms with van der Waals surface area (Å²) in [6, 6.07) is 34.9. The Kier molecular flexibility index (Phi) is 7.59. The summed E-state index contributed by atoms with van der Waals surface area (Å²) in [4.78, 5) is 34.3. The summed E-state index contributed by atoms with van der Waals surface area (Å²) in [6.45, 7) is 0. The summed E-state index contributed by atoms with van der Waals surface area (Å²) in [5.74, 6) is 0. The number of benzene rings is 3. The van der Waals surface area contributed by atoms with E-state index in [4.69, 9.17) is 4.98 Å². The van der Waals surface area contributed by atoms with Gasteiger partial charge in [0.1, 0.15) is 12.6 Å². The maximum atomic E-state index is 10.6. The number of pyridine rings is 3. The zero-order valence-corrected chi connectivity index (χ0v) is 22.9. The maximum absolute atomic E-state index is 10.6. The zero-order valence-electron chi connectivity index (χ0n) is 20.5. The summed E-state index contributed by atoms with van der Waals surface area (Å²) in [6.07, 6.45) is 4.56. The summed E-state index contributed by atoms with van der Waals surface area (Å²) >= 11 is 0. The molecule has 0 aliphatic heterocycles. The van der Waals surface area contributed by atoms with Gasteiger partial charge in [-0.25, -0.2) is 0 Å². The molecule has 3 heterocycles. The van der Waals surface area contributed by atoms with Crippen molar-refractivity contribution in [1.29, 1.82) is 0 Å². The van der Waals surface area contributed by atoms with E-state index in [1.54, 1.807) is 24.3 Å². The van der Waals surface area contributed by atoms with Gasteiger partial charge in [0.2, 0.25) is 0 Å². The predicted molar refractivity (Wildman–Crippen MR) is 149 cm³/mol. The van der Waals surface area contributed by atoms with Gasteiger partial charge in [0.05, 0.1) is 16.9 Å². The molecule has 1 aliphatic rings. The standard InChI is InChI=1S/C21H12N.C12H8N2O2.Ir/c1-2-7-14(8-3-1)20-13-18-16-10-5-4-9-15(16)17-11-6-12-19(22-20)21(17)18;15-7-9-1-3-13-11(5-9)12-6-10(8-16)2-4-14-12;/h1-7,9-13H;1-8H;/q-1;;. The molecule has 1 radical (unpaired) electrons. The normalized spacial score (nSPS) is 10.6. The van der Waals surface area contributed by atoms with Crippen LogP contribution in [0, 0.1) is 6.07 Å². The number of nitrogens with zero attached hydrogens (tertiary/aromatic N) is 3. The number of aromatic nitrogens is 3. The molecular formula is C33H20IrN3O2-. The molecule has 6 heteroatoms. The van der Waals surface area contributed by atoms with E-state index in [1.165, 1.54) is 40.0 Å². The number of carbonyl (C=O) groups is 2. The molecule has 0 N–H and O–H groups in total. The average molecular weight is 683 g/mol. The van der Waals surface area contributed by atoms with E-state index in [9.17, 15) is 9.59 Å². The van der Waals surface area contributed by atoms with Crippen LogP contribution in [0.25, 0.3) is 55.8 Å². The molecule has 0 unspecified atom stereocenters. The molecule has 7 rings (SSSR count). The Morgan fingerprint density at radius 3 is 1.82 bits per heavy atom. The molecule has 1 aliphatic carbocycles.